The molecule has 11 heteroatoms. The molecule has 24 heavy (non-hydrogen) atoms. The van der Waals surface area contributed by atoms with Crippen molar-refractivity contribution in [1.82, 2.24) is 10.0 Å². The Labute approximate surface area is 139 Å². The molecular formula is C13H17BN2O7S. The third kappa shape index (κ3) is 4.95. The average molecular weight is 356 g/mol. The summed E-state index contributed by atoms with van der Waals surface area (Å²) in [6, 6.07) is 6.36. The van der Waals surface area contributed by atoms with Gasteiger partial charge in [-0.25, -0.2) is 17.9 Å². The fourth-order valence-corrected chi connectivity index (χ4v) is 3.27. The van der Waals surface area contributed by atoms with Crippen molar-refractivity contribution in [3.63, 3.8) is 0 Å². The Hall–Kier alpha value is -2.11. The Kier molecular flexibility index (Phi) is 5.81. The molecule has 1 saturated heterocycles. The molecule has 2 amide bonds. The molecule has 4 N–H and O–H groups in total. The van der Waals surface area contributed by atoms with Gasteiger partial charge in [0.05, 0.1) is 23.4 Å². The predicted molar refractivity (Wildman–Crippen MR) is 83.4 cm³/mol. The average Bonchev–Trinajstić information content (AvgIpc) is 2.50. The van der Waals surface area contributed by atoms with Gasteiger partial charge in [-0.05, 0) is 25.0 Å². The fraction of sp³-hybridized carbons (Fsp3) is 0.385. The van der Waals surface area contributed by atoms with Crippen molar-refractivity contribution in [2.45, 2.75) is 36.2 Å². The minimum absolute atomic E-state index is 0.0675. The SMILES string of the molecule is O=C(O)C[C@@H]1CC[C@H](NC(=O)NS(=O)(=O)c2ccccc2)B(O)O1. The molecule has 1 aromatic carbocycles. The van der Waals surface area contributed by atoms with Crippen LogP contribution in [-0.2, 0) is 19.5 Å². The molecule has 0 saturated carbocycles. The molecule has 130 valence electrons. The second-order valence-corrected chi connectivity index (χ2v) is 7.00. The molecule has 9 nitrogen and oxygen atoms in total. The number of amides is 2. The minimum Gasteiger partial charge on any atom is -0.481 e. The quantitative estimate of drug-likeness (QED) is 0.531. The van der Waals surface area contributed by atoms with Crippen molar-refractivity contribution < 1.29 is 32.8 Å². The summed E-state index contributed by atoms with van der Waals surface area (Å²) in [6.45, 7) is 0. The lowest BCUT2D eigenvalue weighted by atomic mass is 9.72. The Balaban J connectivity index is 1.90. The maximum absolute atomic E-state index is 12.0. The van der Waals surface area contributed by atoms with E-state index in [0.29, 0.717) is 6.42 Å². The highest BCUT2D eigenvalue weighted by molar-refractivity contribution is 7.90. The number of urea groups is 1. The van der Waals surface area contributed by atoms with Gasteiger partial charge in [0.1, 0.15) is 0 Å². The summed E-state index contributed by atoms with van der Waals surface area (Å²) >= 11 is 0. The maximum atomic E-state index is 12.0. The van der Waals surface area contributed by atoms with Gasteiger partial charge >= 0.3 is 19.1 Å². The van der Waals surface area contributed by atoms with E-state index in [4.69, 9.17) is 9.76 Å². The van der Waals surface area contributed by atoms with E-state index >= 15 is 0 Å². The summed E-state index contributed by atoms with van der Waals surface area (Å²) in [5.41, 5.74) is 0. The first-order chi connectivity index (χ1) is 11.3. The Morgan fingerprint density at radius 2 is 1.92 bits per heavy atom. The monoisotopic (exact) mass is 356 g/mol. The number of hydrogen-bond donors (Lipinski definition) is 4. The molecule has 0 aromatic heterocycles. The number of carboxylic acids is 1. The summed E-state index contributed by atoms with van der Waals surface area (Å²) in [6.07, 6.45) is -0.317. The van der Waals surface area contributed by atoms with Crippen LogP contribution in [0.15, 0.2) is 35.2 Å². The highest BCUT2D eigenvalue weighted by Gasteiger charge is 2.37. The lowest BCUT2D eigenvalue weighted by molar-refractivity contribution is -0.139. The number of carbonyl (C=O) groups is 2. The van der Waals surface area contributed by atoms with Gasteiger partial charge in [-0.2, -0.15) is 0 Å². The predicted octanol–water partition coefficient (Wildman–Crippen LogP) is -0.283. The topological polar surface area (TPSA) is 142 Å². The van der Waals surface area contributed by atoms with Crippen molar-refractivity contribution in [1.29, 1.82) is 0 Å². The molecule has 0 aliphatic carbocycles. The third-order valence-electron chi connectivity index (χ3n) is 3.48. The Morgan fingerprint density at radius 1 is 1.25 bits per heavy atom. The smallest absolute Gasteiger partial charge is 0.478 e. The molecule has 0 bridgehead atoms. The van der Waals surface area contributed by atoms with Crippen LogP contribution in [-0.4, -0.2) is 49.7 Å². The first kappa shape index (κ1) is 18.2. The van der Waals surface area contributed by atoms with Gasteiger partial charge in [-0.3, -0.25) is 4.79 Å². The van der Waals surface area contributed by atoms with Crippen molar-refractivity contribution >= 4 is 29.1 Å². The van der Waals surface area contributed by atoms with Crippen LogP contribution in [0, 0.1) is 0 Å². The zero-order chi connectivity index (χ0) is 17.7. The second kappa shape index (κ2) is 7.64. The first-order valence-corrected chi connectivity index (χ1v) is 8.70. The van der Waals surface area contributed by atoms with Crippen LogP contribution in [0.3, 0.4) is 0 Å². The van der Waals surface area contributed by atoms with E-state index in [1.54, 1.807) is 6.07 Å². The van der Waals surface area contributed by atoms with Gasteiger partial charge in [0.15, 0.2) is 0 Å². The molecule has 0 unspecified atom stereocenters. The van der Waals surface area contributed by atoms with Crippen molar-refractivity contribution in [2.24, 2.45) is 0 Å². The lowest BCUT2D eigenvalue weighted by Gasteiger charge is -2.30. The molecule has 1 heterocycles. The van der Waals surface area contributed by atoms with Gasteiger partial charge in [-0.15, -0.1) is 0 Å². The van der Waals surface area contributed by atoms with E-state index < -0.39 is 41.2 Å². The highest BCUT2D eigenvalue weighted by Crippen LogP contribution is 2.18. The van der Waals surface area contributed by atoms with Crippen LogP contribution in [0.5, 0.6) is 0 Å². The standard InChI is InChI=1S/C13H17BN2O7S/c17-12(18)8-9-6-7-11(14(20)23-9)15-13(19)16-24(21,22)10-4-2-1-3-5-10/h1-5,9,11,20H,6-8H2,(H,17,18)(H2,15,16,19)/t9-,11-/m0/s1. The van der Waals surface area contributed by atoms with E-state index in [2.05, 4.69) is 5.32 Å². The van der Waals surface area contributed by atoms with Crippen molar-refractivity contribution in [3.8, 4) is 0 Å². The third-order valence-corrected chi connectivity index (χ3v) is 4.82. The molecule has 1 aromatic rings. The van der Waals surface area contributed by atoms with Gasteiger partial charge < -0.3 is 20.1 Å². The molecule has 2 atom stereocenters. The Bertz CT molecular complexity index is 698. The zero-order valence-corrected chi connectivity index (χ0v) is 13.4. The molecule has 0 radical (unpaired) electrons. The summed E-state index contributed by atoms with van der Waals surface area (Å²) < 4.78 is 31.0. The number of rotatable bonds is 5. The van der Waals surface area contributed by atoms with Crippen LogP contribution in [0.1, 0.15) is 19.3 Å². The van der Waals surface area contributed by atoms with Crippen LogP contribution < -0.4 is 10.0 Å². The number of carbonyl (C=O) groups excluding carboxylic acids is 1. The molecule has 1 aliphatic rings. The van der Waals surface area contributed by atoms with Gasteiger partial charge in [0.25, 0.3) is 10.0 Å². The molecule has 0 spiro atoms. The number of aliphatic carboxylic acids is 1. The van der Waals surface area contributed by atoms with Crippen molar-refractivity contribution in [2.75, 3.05) is 0 Å². The Morgan fingerprint density at radius 3 is 2.50 bits per heavy atom. The first-order valence-electron chi connectivity index (χ1n) is 7.21. The molecular weight excluding hydrogens is 339 g/mol. The fourth-order valence-electron chi connectivity index (χ4n) is 2.33. The summed E-state index contributed by atoms with van der Waals surface area (Å²) in [7, 11) is -5.43. The molecule has 1 aliphatic heterocycles. The van der Waals surface area contributed by atoms with Crippen LogP contribution in [0.2, 0.25) is 0 Å². The largest absolute Gasteiger partial charge is 0.481 e. The normalized spacial score (nSPS) is 21.1. The number of benzene rings is 1. The second-order valence-electron chi connectivity index (χ2n) is 5.32. The number of nitrogens with one attached hydrogen (secondary N) is 2. The van der Waals surface area contributed by atoms with E-state index in [-0.39, 0.29) is 17.7 Å². The minimum atomic E-state index is -4.02. The highest BCUT2D eigenvalue weighted by atomic mass is 32.2. The lowest BCUT2D eigenvalue weighted by Crippen LogP contribution is -2.55. The number of hydrogen-bond acceptors (Lipinski definition) is 6. The van der Waals surface area contributed by atoms with Crippen molar-refractivity contribution in [3.05, 3.63) is 30.3 Å². The van der Waals surface area contributed by atoms with E-state index in [1.807, 2.05) is 4.72 Å². The molecule has 1 fully saturated rings. The zero-order valence-electron chi connectivity index (χ0n) is 12.6. The van der Waals surface area contributed by atoms with Crippen LogP contribution in [0.4, 0.5) is 4.79 Å². The summed E-state index contributed by atoms with van der Waals surface area (Å²) in [5, 5.41) is 20.8. The van der Waals surface area contributed by atoms with Crippen LogP contribution in [0.25, 0.3) is 0 Å². The van der Waals surface area contributed by atoms with Gasteiger partial charge in [-0.1, -0.05) is 18.2 Å². The van der Waals surface area contributed by atoms with Gasteiger partial charge in [0, 0.05) is 0 Å². The van der Waals surface area contributed by atoms with E-state index in [9.17, 15) is 23.0 Å². The molecule has 2 rings (SSSR count). The van der Waals surface area contributed by atoms with Gasteiger partial charge in [0.2, 0.25) is 0 Å². The number of carboxylic acid groups (broad SMARTS) is 1. The van der Waals surface area contributed by atoms with Crippen LogP contribution >= 0.6 is 0 Å². The van der Waals surface area contributed by atoms with E-state index in [1.165, 1.54) is 24.3 Å². The van der Waals surface area contributed by atoms with E-state index in [0.717, 1.165) is 0 Å². The summed E-state index contributed by atoms with van der Waals surface area (Å²) in [4.78, 5) is 22.4. The summed E-state index contributed by atoms with van der Waals surface area (Å²) in [5.74, 6) is -1.88. The number of sulfonamides is 1. The maximum Gasteiger partial charge on any atom is 0.478 e.